The van der Waals surface area contributed by atoms with Crippen molar-refractivity contribution in [3.63, 3.8) is 0 Å². The third-order valence-corrected chi connectivity index (χ3v) is 4.28. The van der Waals surface area contributed by atoms with Gasteiger partial charge >= 0.3 is 0 Å². The number of anilines is 1. The SMILES string of the molecule is COc1ccc(NC(=O)CCCn2nc(-c3ccncc3)ccc2=O)cc1OC. The van der Waals surface area contributed by atoms with Crippen molar-refractivity contribution in [3.05, 3.63) is 65.2 Å². The number of benzene rings is 1. The molecule has 8 heteroatoms. The molecule has 1 aromatic carbocycles. The summed E-state index contributed by atoms with van der Waals surface area (Å²) >= 11 is 0. The first-order valence-corrected chi connectivity index (χ1v) is 9.11. The Morgan fingerprint density at radius 2 is 1.79 bits per heavy atom. The molecule has 8 nitrogen and oxygen atoms in total. The summed E-state index contributed by atoms with van der Waals surface area (Å²) in [4.78, 5) is 28.3. The van der Waals surface area contributed by atoms with Crippen LogP contribution in [-0.2, 0) is 11.3 Å². The minimum Gasteiger partial charge on any atom is -0.493 e. The first kappa shape index (κ1) is 20.1. The van der Waals surface area contributed by atoms with Crippen molar-refractivity contribution in [2.24, 2.45) is 0 Å². The van der Waals surface area contributed by atoms with Gasteiger partial charge in [0, 0.05) is 48.7 Å². The van der Waals surface area contributed by atoms with E-state index >= 15 is 0 Å². The van der Waals surface area contributed by atoms with E-state index in [9.17, 15) is 9.59 Å². The third-order valence-electron chi connectivity index (χ3n) is 4.28. The molecule has 0 aliphatic carbocycles. The minimum absolute atomic E-state index is 0.157. The van der Waals surface area contributed by atoms with Gasteiger partial charge in [0.25, 0.3) is 5.56 Å². The maximum absolute atomic E-state index is 12.2. The number of ether oxygens (including phenoxy) is 2. The van der Waals surface area contributed by atoms with Crippen LogP contribution in [-0.4, -0.2) is 34.9 Å². The summed E-state index contributed by atoms with van der Waals surface area (Å²) in [7, 11) is 3.09. The fourth-order valence-corrected chi connectivity index (χ4v) is 2.81. The Morgan fingerprint density at radius 3 is 2.52 bits per heavy atom. The van der Waals surface area contributed by atoms with E-state index in [2.05, 4.69) is 15.4 Å². The second-order valence-corrected chi connectivity index (χ2v) is 6.24. The number of carbonyl (C=O) groups is 1. The van der Waals surface area contributed by atoms with E-state index in [0.29, 0.717) is 35.8 Å². The van der Waals surface area contributed by atoms with Crippen molar-refractivity contribution >= 4 is 11.6 Å². The second kappa shape index (κ2) is 9.50. The molecule has 0 unspecified atom stereocenters. The van der Waals surface area contributed by atoms with E-state index < -0.39 is 0 Å². The van der Waals surface area contributed by atoms with Gasteiger partial charge in [0.15, 0.2) is 11.5 Å². The minimum atomic E-state index is -0.205. The van der Waals surface area contributed by atoms with Gasteiger partial charge in [-0.2, -0.15) is 5.10 Å². The molecule has 0 radical (unpaired) electrons. The van der Waals surface area contributed by atoms with Crippen molar-refractivity contribution in [2.45, 2.75) is 19.4 Å². The number of nitrogens with zero attached hydrogens (tertiary/aromatic N) is 3. The zero-order chi connectivity index (χ0) is 20.6. The Kier molecular flexibility index (Phi) is 6.57. The highest BCUT2D eigenvalue weighted by Gasteiger charge is 2.09. The topological polar surface area (TPSA) is 95.3 Å². The molecule has 0 atom stereocenters. The lowest BCUT2D eigenvalue weighted by Crippen LogP contribution is -2.23. The first-order valence-electron chi connectivity index (χ1n) is 9.11. The molecular formula is C21H22N4O4. The molecule has 0 bridgehead atoms. The van der Waals surface area contributed by atoms with Crippen LogP contribution in [0.3, 0.4) is 0 Å². The number of methoxy groups -OCH3 is 2. The molecule has 2 aromatic heterocycles. The monoisotopic (exact) mass is 394 g/mol. The van der Waals surface area contributed by atoms with Gasteiger partial charge in [-0.25, -0.2) is 4.68 Å². The number of hydrogen-bond donors (Lipinski definition) is 1. The van der Waals surface area contributed by atoms with Crippen molar-refractivity contribution in [2.75, 3.05) is 19.5 Å². The zero-order valence-electron chi connectivity index (χ0n) is 16.3. The fourth-order valence-electron chi connectivity index (χ4n) is 2.81. The number of amides is 1. The molecule has 0 aliphatic rings. The van der Waals surface area contributed by atoms with Gasteiger partial charge in [0.2, 0.25) is 5.91 Å². The third kappa shape index (κ3) is 5.19. The molecule has 2 heterocycles. The highest BCUT2D eigenvalue weighted by Crippen LogP contribution is 2.29. The van der Waals surface area contributed by atoms with Gasteiger partial charge < -0.3 is 14.8 Å². The zero-order valence-corrected chi connectivity index (χ0v) is 16.3. The van der Waals surface area contributed by atoms with Crippen LogP contribution in [0.2, 0.25) is 0 Å². The van der Waals surface area contributed by atoms with Gasteiger partial charge in [-0.1, -0.05) is 0 Å². The molecule has 3 rings (SSSR count). The standard InChI is InChI=1S/C21H22N4O4/c1-28-18-7-5-16(14-19(18)29-2)23-20(26)4-3-13-25-21(27)8-6-17(24-25)15-9-11-22-12-10-15/h5-12,14H,3-4,13H2,1-2H3,(H,23,26). The summed E-state index contributed by atoms with van der Waals surface area (Å²) in [6.45, 7) is 0.344. The number of aryl methyl sites for hydroxylation is 1. The fraction of sp³-hybridized carbons (Fsp3) is 0.238. The van der Waals surface area contributed by atoms with Gasteiger partial charge in [-0.15, -0.1) is 0 Å². The average molecular weight is 394 g/mol. The summed E-state index contributed by atoms with van der Waals surface area (Å²) in [6, 6.07) is 12.0. The summed E-state index contributed by atoms with van der Waals surface area (Å²) in [6.07, 6.45) is 4.07. The van der Waals surface area contributed by atoms with Crippen LogP contribution in [0.1, 0.15) is 12.8 Å². The number of pyridine rings is 1. The molecular weight excluding hydrogens is 372 g/mol. The number of aromatic nitrogens is 3. The quantitative estimate of drug-likeness (QED) is 0.631. The molecule has 29 heavy (non-hydrogen) atoms. The number of carbonyl (C=O) groups excluding carboxylic acids is 1. The van der Waals surface area contributed by atoms with E-state index in [4.69, 9.17) is 9.47 Å². The lowest BCUT2D eigenvalue weighted by molar-refractivity contribution is -0.116. The lowest BCUT2D eigenvalue weighted by Gasteiger charge is -2.11. The lowest BCUT2D eigenvalue weighted by atomic mass is 10.2. The van der Waals surface area contributed by atoms with Crippen molar-refractivity contribution in [1.29, 1.82) is 0 Å². The average Bonchev–Trinajstić information content (AvgIpc) is 2.75. The summed E-state index contributed by atoms with van der Waals surface area (Å²) in [5, 5.41) is 7.20. The highest BCUT2D eigenvalue weighted by atomic mass is 16.5. The predicted octanol–water partition coefficient (Wildman–Crippen LogP) is 2.74. The second-order valence-electron chi connectivity index (χ2n) is 6.24. The molecule has 0 saturated heterocycles. The molecule has 0 aliphatic heterocycles. The highest BCUT2D eigenvalue weighted by molar-refractivity contribution is 5.91. The first-order chi connectivity index (χ1) is 14.1. The van der Waals surface area contributed by atoms with E-state index in [1.807, 2.05) is 12.1 Å². The van der Waals surface area contributed by atoms with Gasteiger partial charge in [-0.05, 0) is 36.8 Å². The molecule has 150 valence electrons. The van der Waals surface area contributed by atoms with E-state index in [-0.39, 0.29) is 17.9 Å². The van der Waals surface area contributed by atoms with Gasteiger partial charge in [-0.3, -0.25) is 14.6 Å². The van der Waals surface area contributed by atoms with E-state index in [1.165, 1.54) is 17.9 Å². The van der Waals surface area contributed by atoms with E-state index in [0.717, 1.165) is 5.56 Å². The van der Waals surface area contributed by atoms with Crippen LogP contribution in [0.25, 0.3) is 11.3 Å². The van der Waals surface area contributed by atoms with Crippen LogP contribution in [0.4, 0.5) is 5.69 Å². The normalized spacial score (nSPS) is 10.4. The number of hydrogen-bond acceptors (Lipinski definition) is 6. The summed E-state index contributed by atoms with van der Waals surface area (Å²) in [5.41, 5.74) is 1.97. The Balaban J connectivity index is 1.59. The molecule has 1 amide bonds. The molecule has 0 spiro atoms. The van der Waals surface area contributed by atoms with Crippen molar-refractivity contribution in [3.8, 4) is 22.8 Å². The Labute approximate surface area is 168 Å². The smallest absolute Gasteiger partial charge is 0.266 e. The Bertz CT molecular complexity index is 1030. The van der Waals surface area contributed by atoms with Crippen LogP contribution in [0.5, 0.6) is 11.5 Å². The van der Waals surface area contributed by atoms with Crippen LogP contribution < -0.4 is 20.3 Å². The summed E-state index contributed by atoms with van der Waals surface area (Å²) in [5.74, 6) is 0.967. The Hall–Kier alpha value is -3.68. The number of nitrogens with one attached hydrogen (secondary N) is 1. The van der Waals surface area contributed by atoms with Crippen LogP contribution in [0.15, 0.2) is 59.7 Å². The van der Waals surface area contributed by atoms with Gasteiger partial charge in [0.1, 0.15) is 0 Å². The maximum atomic E-state index is 12.2. The van der Waals surface area contributed by atoms with Crippen LogP contribution in [0, 0.1) is 0 Å². The van der Waals surface area contributed by atoms with Crippen molar-refractivity contribution in [1.82, 2.24) is 14.8 Å². The van der Waals surface area contributed by atoms with Crippen molar-refractivity contribution < 1.29 is 14.3 Å². The van der Waals surface area contributed by atoms with Crippen LogP contribution >= 0.6 is 0 Å². The summed E-state index contributed by atoms with van der Waals surface area (Å²) < 4.78 is 11.8. The predicted molar refractivity (Wildman–Crippen MR) is 109 cm³/mol. The van der Waals surface area contributed by atoms with Gasteiger partial charge in [0.05, 0.1) is 19.9 Å². The molecule has 3 aromatic rings. The maximum Gasteiger partial charge on any atom is 0.266 e. The molecule has 0 saturated carbocycles. The Morgan fingerprint density at radius 1 is 1.03 bits per heavy atom. The number of rotatable bonds is 8. The molecule has 0 fully saturated rings. The molecule has 1 N–H and O–H groups in total. The van der Waals surface area contributed by atoms with E-state index in [1.54, 1.807) is 43.8 Å². The largest absolute Gasteiger partial charge is 0.493 e.